The van der Waals surface area contributed by atoms with Crippen molar-refractivity contribution in [1.82, 2.24) is 19.5 Å². The Labute approximate surface area is 137 Å². The lowest BCUT2D eigenvalue weighted by atomic mass is 10.3. The molecule has 7 nitrogen and oxygen atoms in total. The molecule has 0 aliphatic carbocycles. The van der Waals surface area contributed by atoms with E-state index in [0.717, 1.165) is 18.5 Å². The van der Waals surface area contributed by atoms with Crippen molar-refractivity contribution >= 4 is 22.7 Å². The van der Waals surface area contributed by atoms with E-state index < -0.39 is 6.08 Å². The van der Waals surface area contributed by atoms with E-state index >= 15 is 0 Å². The third-order valence-electron chi connectivity index (χ3n) is 3.94. The zero-order valence-corrected chi connectivity index (χ0v) is 13.1. The number of hydrogen-bond donors (Lipinski definition) is 1. The van der Waals surface area contributed by atoms with Gasteiger partial charge in [0.2, 0.25) is 0 Å². The zero-order chi connectivity index (χ0) is 16.5. The average Bonchev–Trinajstić information content (AvgIpc) is 3.24. The second-order valence-corrected chi connectivity index (χ2v) is 5.49. The topological polar surface area (TPSA) is 74.1 Å². The molecular weight excluding hydrogens is 313 g/mol. The van der Waals surface area contributed by atoms with Crippen molar-refractivity contribution in [2.24, 2.45) is 0 Å². The monoisotopic (exact) mass is 329 g/mol. The molecule has 2 aromatic heterocycles. The Morgan fingerprint density at radius 1 is 1.38 bits per heavy atom. The molecule has 3 heterocycles. The maximum atomic E-state index is 13.9. The van der Waals surface area contributed by atoms with Crippen molar-refractivity contribution in [3.05, 3.63) is 36.7 Å². The summed E-state index contributed by atoms with van der Waals surface area (Å²) in [6.07, 6.45) is 2.47. The summed E-state index contributed by atoms with van der Waals surface area (Å²) in [5, 5.41) is 3.08. The Morgan fingerprint density at radius 3 is 3.08 bits per heavy atom. The number of benzene rings is 1. The van der Waals surface area contributed by atoms with Crippen LogP contribution in [0.25, 0.3) is 11.2 Å². The first-order chi connectivity index (χ1) is 11.7. The zero-order valence-electron chi connectivity index (χ0n) is 13.1. The van der Waals surface area contributed by atoms with Crippen LogP contribution in [-0.2, 0) is 4.74 Å². The van der Waals surface area contributed by atoms with Crippen molar-refractivity contribution < 1.29 is 13.9 Å². The molecule has 0 spiro atoms. The van der Waals surface area contributed by atoms with Crippen molar-refractivity contribution in [2.45, 2.75) is 19.1 Å². The minimum absolute atomic E-state index is 0.158. The highest BCUT2D eigenvalue weighted by molar-refractivity contribution is 5.85. The minimum Gasteiger partial charge on any atom is -0.497 e. The maximum absolute atomic E-state index is 13.9. The van der Waals surface area contributed by atoms with Gasteiger partial charge in [-0.25, -0.2) is 4.98 Å². The second kappa shape index (κ2) is 6.04. The van der Waals surface area contributed by atoms with E-state index in [1.165, 1.54) is 0 Å². The Balaban J connectivity index is 1.74. The van der Waals surface area contributed by atoms with Crippen LogP contribution in [0.4, 0.5) is 15.9 Å². The van der Waals surface area contributed by atoms with E-state index in [1.54, 1.807) is 24.1 Å². The predicted molar refractivity (Wildman–Crippen MR) is 85.8 cm³/mol. The maximum Gasteiger partial charge on any atom is 0.312 e. The number of fused-ring (bicyclic) bond motifs is 1. The lowest BCUT2D eigenvalue weighted by Gasteiger charge is -2.12. The van der Waals surface area contributed by atoms with Crippen molar-refractivity contribution in [2.75, 3.05) is 19.0 Å². The first kappa shape index (κ1) is 14.8. The van der Waals surface area contributed by atoms with E-state index in [9.17, 15) is 4.39 Å². The number of anilines is 2. The van der Waals surface area contributed by atoms with Crippen LogP contribution in [0.3, 0.4) is 0 Å². The summed E-state index contributed by atoms with van der Waals surface area (Å²) in [5.74, 6) is 0.998. The fraction of sp³-hybridized carbons (Fsp3) is 0.312. The van der Waals surface area contributed by atoms with Crippen LogP contribution in [0.5, 0.6) is 5.75 Å². The number of imidazole rings is 1. The molecule has 0 radical (unpaired) electrons. The number of rotatable bonds is 4. The van der Waals surface area contributed by atoms with Crippen molar-refractivity contribution in [1.29, 1.82) is 0 Å². The molecule has 1 aliphatic rings. The van der Waals surface area contributed by atoms with Gasteiger partial charge in [0, 0.05) is 18.4 Å². The number of nitrogens with one attached hydrogen (secondary N) is 1. The van der Waals surface area contributed by atoms with Crippen LogP contribution in [0, 0.1) is 6.08 Å². The second-order valence-electron chi connectivity index (χ2n) is 5.49. The van der Waals surface area contributed by atoms with Crippen LogP contribution in [0.15, 0.2) is 30.6 Å². The van der Waals surface area contributed by atoms with Gasteiger partial charge in [0.25, 0.3) is 0 Å². The van der Waals surface area contributed by atoms with Crippen molar-refractivity contribution in [3.8, 4) is 5.75 Å². The molecule has 0 bridgehead atoms. The molecule has 124 valence electrons. The highest BCUT2D eigenvalue weighted by Crippen LogP contribution is 2.29. The Hall–Kier alpha value is -2.74. The first-order valence-electron chi connectivity index (χ1n) is 7.67. The van der Waals surface area contributed by atoms with Crippen LogP contribution in [0.2, 0.25) is 0 Å². The largest absolute Gasteiger partial charge is 0.497 e. The van der Waals surface area contributed by atoms with E-state index in [-0.39, 0.29) is 6.23 Å². The number of methoxy groups -OCH3 is 1. The first-order valence-corrected chi connectivity index (χ1v) is 7.67. The van der Waals surface area contributed by atoms with Crippen LogP contribution < -0.4 is 10.1 Å². The normalized spacial score (nSPS) is 17.3. The van der Waals surface area contributed by atoms with Gasteiger partial charge in [-0.3, -0.25) is 4.57 Å². The molecule has 1 aliphatic heterocycles. The summed E-state index contributed by atoms with van der Waals surface area (Å²) in [6, 6.07) is 7.29. The molecule has 1 saturated heterocycles. The SMILES string of the molecule is COc1cccc(Nc2nc(F)nc3c2ncn3C2CCCO2)c1. The highest BCUT2D eigenvalue weighted by atomic mass is 19.1. The molecular formula is C16H16FN5O2. The van der Waals surface area contributed by atoms with Gasteiger partial charge in [0.15, 0.2) is 17.0 Å². The smallest absolute Gasteiger partial charge is 0.312 e. The third-order valence-corrected chi connectivity index (χ3v) is 3.94. The van der Waals surface area contributed by atoms with Gasteiger partial charge in [0.1, 0.15) is 12.0 Å². The summed E-state index contributed by atoms with van der Waals surface area (Å²) >= 11 is 0. The number of halogens is 1. The Bertz CT molecular complexity index is 876. The van der Waals surface area contributed by atoms with E-state index in [2.05, 4.69) is 20.3 Å². The van der Waals surface area contributed by atoms with Gasteiger partial charge in [0.05, 0.1) is 13.4 Å². The molecule has 1 fully saturated rings. The standard InChI is InChI=1S/C16H16FN5O2/c1-23-11-5-2-4-10(8-11)19-14-13-15(21-16(17)20-14)22(9-18-13)12-6-3-7-24-12/h2,4-5,8-9,12H,3,6-7H2,1H3,(H,19,20,21). The fourth-order valence-electron chi connectivity index (χ4n) is 2.81. The van der Waals surface area contributed by atoms with E-state index in [4.69, 9.17) is 9.47 Å². The van der Waals surface area contributed by atoms with Gasteiger partial charge >= 0.3 is 6.08 Å². The molecule has 3 aromatic rings. The quantitative estimate of drug-likeness (QED) is 0.742. The van der Waals surface area contributed by atoms with E-state index in [1.807, 2.05) is 18.2 Å². The predicted octanol–water partition coefficient (Wildman–Crippen LogP) is 3.03. The molecule has 0 amide bonds. The lowest BCUT2D eigenvalue weighted by molar-refractivity contribution is 0.0592. The van der Waals surface area contributed by atoms with Gasteiger partial charge in [-0.15, -0.1) is 0 Å². The van der Waals surface area contributed by atoms with Gasteiger partial charge in [-0.2, -0.15) is 14.4 Å². The number of aromatic nitrogens is 4. The molecule has 8 heteroatoms. The van der Waals surface area contributed by atoms with Gasteiger partial charge in [-0.05, 0) is 25.0 Å². The van der Waals surface area contributed by atoms with Gasteiger partial charge in [-0.1, -0.05) is 6.07 Å². The van der Waals surface area contributed by atoms with Crippen LogP contribution >= 0.6 is 0 Å². The number of hydrogen-bond acceptors (Lipinski definition) is 6. The molecule has 4 rings (SSSR count). The summed E-state index contributed by atoms with van der Waals surface area (Å²) in [6.45, 7) is 0.687. The summed E-state index contributed by atoms with van der Waals surface area (Å²) in [4.78, 5) is 12.1. The summed E-state index contributed by atoms with van der Waals surface area (Å²) in [5.41, 5.74) is 1.63. The molecule has 1 aromatic carbocycles. The number of nitrogens with zero attached hydrogens (tertiary/aromatic N) is 4. The molecule has 1 unspecified atom stereocenters. The highest BCUT2D eigenvalue weighted by Gasteiger charge is 2.22. The lowest BCUT2D eigenvalue weighted by Crippen LogP contribution is -2.08. The van der Waals surface area contributed by atoms with Gasteiger partial charge < -0.3 is 14.8 Å². The molecule has 1 atom stereocenters. The van der Waals surface area contributed by atoms with E-state index in [0.29, 0.717) is 29.3 Å². The Kier molecular flexibility index (Phi) is 3.73. The molecule has 24 heavy (non-hydrogen) atoms. The van der Waals surface area contributed by atoms with Crippen LogP contribution in [0.1, 0.15) is 19.1 Å². The molecule has 0 saturated carbocycles. The summed E-state index contributed by atoms with van der Waals surface area (Å²) in [7, 11) is 1.59. The van der Waals surface area contributed by atoms with Crippen LogP contribution in [-0.4, -0.2) is 33.2 Å². The number of ether oxygens (including phenoxy) is 2. The molecule has 1 N–H and O–H groups in total. The van der Waals surface area contributed by atoms with Crippen molar-refractivity contribution in [3.63, 3.8) is 0 Å². The fourth-order valence-corrected chi connectivity index (χ4v) is 2.81. The average molecular weight is 329 g/mol. The summed E-state index contributed by atoms with van der Waals surface area (Å²) < 4.78 is 26.5. The third kappa shape index (κ3) is 2.65. The Morgan fingerprint density at radius 2 is 2.29 bits per heavy atom. The minimum atomic E-state index is -0.812.